The number of hydrogen-bond donors (Lipinski definition) is 1. The number of rotatable bonds is 4. The van der Waals surface area contributed by atoms with Crippen LogP contribution in [0.2, 0.25) is 0 Å². The van der Waals surface area contributed by atoms with E-state index in [-0.39, 0.29) is 0 Å². The fraction of sp³-hybridized carbons (Fsp3) is 0.600. The predicted molar refractivity (Wildman–Crippen MR) is 55.5 cm³/mol. The zero-order valence-corrected chi connectivity index (χ0v) is 9.30. The summed E-state index contributed by atoms with van der Waals surface area (Å²) >= 11 is 3.41. The summed E-state index contributed by atoms with van der Waals surface area (Å²) in [6.07, 6.45) is 5.76. The molecule has 0 saturated heterocycles. The number of hydrogen-bond acceptors (Lipinski definition) is 2. The second kappa shape index (κ2) is 3.84. The third kappa shape index (κ3) is 2.15. The molecular weight excluding hydrogens is 230 g/mol. The van der Waals surface area contributed by atoms with Gasteiger partial charge in [0.15, 0.2) is 4.67 Å². The molecule has 2 rings (SSSR count). The van der Waals surface area contributed by atoms with Gasteiger partial charge in [-0.2, -0.15) is 0 Å². The van der Waals surface area contributed by atoms with Gasteiger partial charge in [-0.15, -0.1) is 0 Å². The van der Waals surface area contributed by atoms with Crippen LogP contribution in [0.25, 0.3) is 0 Å². The van der Waals surface area contributed by atoms with Crippen LogP contribution < -0.4 is 5.32 Å². The van der Waals surface area contributed by atoms with E-state index in [2.05, 4.69) is 21.2 Å². The molecule has 0 amide bonds. The lowest BCUT2D eigenvalue weighted by molar-refractivity contribution is 0.488. The third-order valence-electron chi connectivity index (χ3n) is 2.64. The molecular formula is C10H14BrNO. The van der Waals surface area contributed by atoms with Crippen molar-refractivity contribution in [3.63, 3.8) is 0 Å². The summed E-state index contributed by atoms with van der Waals surface area (Å²) in [6.45, 7) is 0. The van der Waals surface area contributed by atoms with Gasteiger partial charge >= 0.3 is 0 Å². The second-order valence-electron chi connectivity index (χ2n) is 3.67. The number of nitrogens with one attached hydrogen (secondary N) is 1. The van der Waals surface area contributed by atoms with Crippen LogP contribution in [-0.4, -0.2) is 7.05 Å². The van der Waals surface area contributed by atoms with Gasteiger partial charge in [0.2, 0.25) is 0 Å². The lowest BCUT2D eigenvalue weighted by Crippen LogP contribution is -2.16. The predicted octanol–water partition coefficient (Wildman–Crippen LogP) is 3.10. The fourth-order valence-electron chi connectivity index (χ4n) is 1.64. The van der Waals surface area contributed by atoms with Crippen molar-refractivity contribution in [1.29, 1.82) is 0 Å². The Hall–Kier alpha value is -0.280. The minimum atomic E-state index is 0.445. The van der Waals surface area contributed by atoms with E-state index >= 15 is 0 Å². The zero-order valence-electron chi connectivity index (χ0n) is 7.72. The Morgan fingerprint density at radius 2 is 2.46 bits per heavy atom. The van der Waals surface area contributed by atoms with E-state index in [1.54, 1.807) is 6.26 Å². The molecule has 3 heteroatoms. The molecule has 1 aromatic rings. The van der Waals surface area contributed by atoms with Crippen molar-refractivity contribution < 1.29 is 4.42 Å². The summed E-state index contributed by atoms with van der Waals surface area (Å²) < 4.78 is 6.09. The molecule has 1 unspecified atom stereocenters. The van der Waals surface area contributed by atoms with Crippen molar-refractivity contribution >= 4 is 15.9 Å². The normalized spacial score (nSPS) is 18.9. The maximum absolute atomic E-state index is 5.23. The van der Waals surface area contributed by atoms with Crippen molar-refractivity contribution in [3.05, 3.63) is 22.6 Å². The highest BCUT2D eigenvalue weighted by Crippen LogP contribution is 2.39. The molecule has 1 atom stereocenters. The standard InChI is InChI=1S/C10H14BrNO/c1-12-9(6-7-2-3-7)8-4-5-13-10(8)11/h4-5,7,9,12H,2-3,6H2,1H3. The van der Waals surface area contributed by atoms with Gasteiger partial charge in [-0.05, 0) is 41.4 Å². The van der Waals surface area contributed by atoms with Crippen LogP contribution in [0.5, 0.6) is 0 Å². The molecule has 2 nitrogen and oxygen atoms in total. The van der Waals surface area contributed by atoms with Gasteiger partial charge in [-0.3, -0.25) is 0 Å². The maximum atomic E-state index is 5.23. The molecule has 0 aromatic carbocycles. The molecule has 0 aliphatic heterocycles. The Morgan fingerprint density at radius 1 is 1.69 bits per heavy atom. The SMILES string of the molecule is CNC(CC1CC1)c1ccoc1Br. The van der Waals surface area contributed by atoms with Crippen LogP contribution in [0.3, 0.4) is 0 Å². The van der Waals surface area contributed by atoms with Crippen molar-refractivity contribution in [2.24, 2.45) is 5.92 Å². The van der Waals surface area contributed by atoms with Crippen LogP contribution in [0, 0.1) is 5.92 Å². The summed E-state index contributed by atoms with van der Waals surface area (Å²) in [4.78, 5) is 0. The number of furan rings is 1. The summed E-state index contributed by atoms with van der Waals surface area (Å²) in [6, 6.07) is 2.48. The molecule has 0 spiro atoms. The molecule has 1 fully saturated rings. The minimum Gasteiger partial charge on any atom is -0.457 e. The Morgan fingerprint density at radius 3 is 2.92 bits per heavy atom. The molecule has 0 radical (unpaired) electrons. The topological polar surface area (TPSA) is 25.2 Å². The highest BCUT2D eigenvalue weighted by atomic mass is 79.9. The highest BCUT2D eigenvalue weighted by Gasteiger charge is 2.26. The van der Waals surface area contributed by atoms with E-state index < -0.39 is 0 Å². The van der Waals surface area contributed by atoms with Crippen LogP contribution in [-0.2, 0) is 0 Å². The van der Waals surface area contributed by atoms with Gasteiger partial charge in [-0.25, -0.2) is 0 Å². The van der Waals surface area contributed by atoms with E-state index in [0.29, 0.717) is 6.04 Å². The van der Waals surface area contributed by atoms with E-state index in [1.165, 1.54) is 24.8 Å². The molecule has 0 bridgehead atoms. The van der Waals surface area contributed by atoms with E-state index in [0.717, 1.165) is 10.6 Å². The molecule has 1 aliphatic carbocycles. The van der Waals surface area contributed by atoms with E-state index in [4.69, 9.17) is 4.42 Å². The Kier molecular flexibility index (Phi) is 2.74. The molecule has 1 aliphatic rings. The largest absolute Gasteiger partial charge is 0.457 e. The van der Waals surface area contributed by atoms with Gasteiger partial charge < -0.3 is 9.73 Å². The first-order chi connectivity index (χ1) is 6.31. The maximum Gasteiger partial charge on any atom is 0.173 e. The molecule has 1 saturated carbocycles. The average Bonchev–Trinajstić information content (AvgIpc) is 2.85. The molecule has 13 heavy (non-hydrogen) atoms. The van der Waals surface area contributed by atoms with Crippen molar-refractivity contribution in [2.75, 3.05) is 7.05 Å². The van der Waals surface area contributed by atoms with Crippen molar-refractivity contribution in [3.8, 4) is 0 Å². The summed E-state index contributed by atoms with van der Waals surface area (Å²) in [5.41, 5.74) is 1.24. The average molecular weight is 244 g/mol. The smallest absolute Gasteiger partial charge is 0.173 e. The molecule has 72 valence electrons. The Labute approximate surface area is 86.8 Å². The molecule has 1 N–H and O–H groups in total. The van der Waals surface area contributed by atoms with Crippen molar-refractivity contribution in [1.82, 2.24) is 5.32 Å². The first-order valence-corrected chi connectivity index (χ1v) is 5.50. The number of halogens is 1. The van der Waals surface area contributed by atoms with Gasteiger partial charge in [-0.1, -0.05) is 12.8 Å². The van der Waals surface area contributed by atoms with Gasteiger partial charge in [0.05, 0.1) is 6.26 Å². The summed E-state index contributed by atoms with van der Waals surface area (Å²) in [7, 11) is 2.01. The third-order valence-corrected chi connectivity index (χ3v) is 3.28. The van der Waals surface area contributed by atoms with Crippen molar-refractivity contribution in [2.45, 2.75) is 25.3 Å². The quantitative estimate of drug-likeness (QED) is 0.880. The highest BCUT2D eigenvalue weighted by molar-refractivity contribution is 9.10. The van der Waals surface area contributed by atoms with Crippen LogP contribution in [0.15, 0.2) is 21.4 Å². The Bertz CT molecular complexity index is 280. The first-order valence-electron chi connectivity index (χ1n) is 4.71. The van der Waals surface area contributed by atoms with Crippen LogP contribution >= 0.6 is 15.9 Å². The zero-order chi connectivity index (χ0) is 9.26. The monoisotopic (exact) mass is 243 g/mol. The van der Waals surface area contributed by atoms with Gasteiger partial charge in [0.1, 0.15) is 0 Å². The van der Waals surface area contributed by atoms with Crippen LogP contribution in [0.4, 0.5) is 0 Å². The molecule has 1 aromatic heterocycles. The summed E-state index contributed by atoms with van der Waals surface area (Å²) in [5.74, 6) is 0.930. The van der Waals surface area contributed by atoms with E-state index in [1.807, 2.05) is 13.1 Å². The van der Waals surface area contributed by atoms with Gasteiger partial charge in [0, 0.05) is 11.6 Å². The minimum absolute atomic E-state index is 0.445. The molecule has 1 heterocycles. The first kappa shape index (κ1) is 9.28. The lowest BCUT2D eigenvalue weighted by Gasteiger charge is -2.14. The Balaban J connectivity index is 2.06. The van der Waals surface area contributed by atoms with E-state index in [9.17, 15) is 0 Å². The summed E-state index contributed by atoms with van der Waals surface area (Å²) in [5, 5.41) is 3.33. The lowest BCUT2D eigenvalue weighted by atomic mass is 10.0. The fourth-order valence-corrected chi connectivity index (χ4v) is 2.16. The second-order valence-corrected chi connectivity index (χ2v) is 4.39. The van der Waals surface area contributed by atoms with Gasteiger partial charge in [0.25, 0.3) is 0 Å². The van der Waals surface area contributed by atoms with Crippen LogP contribution in [0.1, 0.15) is 30.9 Å².